The van der Waals surface area contributed by atoms with Crippen LogP contribution in [0.25, 0.3) is 0 Å². The molecule has 2 aliphatic heterocycles. The van der Waals surface area contributed by atoms with Gasteiger partial charge in [0.2, 0.25) is 11.8 Å². The smallest absolute Gasteiger partial charge is 0.230 e. The summed E-state index contributed by atoms with van der Waals surface area (Å²) in [5.41, 5.74) is 0.853. The molecule has 7 nitrogen and oxygen atoms in total. The maximum Gasteiger partial charge on any atom is 0.230 e. The monoisotopic (exact) mass is 317 g/mol. The molecule has 0 aromatic carbocycles. The van der Waals surface area contributed by atoms with Gasteiger partial charge in [-0.2, -0.15) is 0 Å². The molecule has 1 fully saturated rings. The summed E-state index contributed by atoms with van der Waals surface area (Å²) < 4.78 is 0. The number of likely N-dealkylation sites (tertiary alicyclic amines) is 1. The molecule has 2 amide bonds. The van der Waals surface area contributed by atoms with Crippen LogP contribution in [0.5, 0.6) is 0 Å². The van der Waals surface area contributed by atoms with Crippen LogP contribution < -0.4 is 10.2 Å². The molecule has 3 heterocycles. The van der Waals surface area contributed by atoms with Crippen molar-refractivity contribution in [3.8, 4) is 0 Å². The van der Waals surface area contributed by atoms with E-state index in [0.29, 0.717) is 31.1 Å². The molecule has 0 radical (unpaired) electrons. The molecule has 124 valence electrons. The van der Waals surface area contributed by atoms with Crippen molar-refractivity contribution in [2.24, 2.45) is 5.92 Å². The summed E-state index contributed by atoms with van der Waals surface area (Å²) in [6.45, 7) is 5.62. The van der Waals surface area contributed by atoms with Gasteiger partial charge in [-0.25, -0.2) is 9.97 Å². The van der Waals surface area contributed by atoms with Crippen molar-refractivity contribution in [1.82, 2.24) is 14.9 Å². The van der Waals surface area contributed by atoms with Crippen molar-refractivity contribution in [2.75, 3.05) is 30.4 Å². The predicted octanol–water partition coefficient (Wildman–Crippen LogP) is 1.05. The summed E-state index contributed by atoms with van der Waals surface area (Å²) in [4.78, 5) is 36.3. The van der Waals surface area contributed by atoms with Crippen LogP contribution in [0, 0.1) is 5.92 Å². The number of nitrogens with one attached hydrogen (secondary N) is 1. The van der Waals surface area contributed by atoms with Crippen LogP contribution in [0.3, 0.4) is 0 Å². The lowest BCUT2D eigenvalue weighted by Gasteiger charge is -2.42. The lowest BCUT2D eigenvalue weighted by Crippen LogP contribution is -2.52. The van der Waals surface area contributed by atoms with E-state index in [2.05, 4.69) is 27.1 Å². The number of anilines is 2. The first kappa shape index (κ1) is 15.7. The minimum absolute atomic E-state index is 0.0466. The second-order valence-electron chi connectivity index (χ2n) is 6.39. The van der Waals surface area contributed by atoms with Crippen LogP contribution in [0.15, 0.2) is 6.33 Å². The number of rotatable bonds is 3. The maximum atomic E-state index is 12.0. The van der Waals surface area contributed by atoms with E-state index in [1.165, 1.54) is 6.33 Å². The molecule has 1 N–H and O–H groups in total. The van der Waals surface area contributed by atoms with E-state index in [-0.39, 0.29) is 17.9 Å². The Bertz CT molecular complexity index is 633. The molecule has 7 heteroatoms. The van der Waals surface area contributed by atoms with Gasteiger partial charge in [-0.1, -0.05) is 13.8 Å². The van der Waals surface area contributed by atoms with Crippen molar-refractivity contribution in [2.45, 2.75) is 39.2 Å². The van der Waals surface area contributed by atoms with Crippen LogP contribution in [-0.4, -0.2) is 52.9 Å². The van der Waals surface area contributed by atoms with Crippen LogP contribution in [0.1, 0.15) is 32.3 Å². The maximum absolute atomic E-state index is 12.0. The number of fused-ring (bicyclic) bond motifs is 1. The standard InChI is InChI=1S/C16H23N5O2/c1-4-14(23)21-6-5-10(2)12(8-21)20(3)16-11-7-13(22)19-15(11)17-9-18-16/h9-10,12H,4-8H2,1-3H3,(H,17,18,19,22)/t10-,12+/m1/s1. The predicted molar refractivity (Wildman–Crippen MR) is 87.2 cm³/mol. The number of carbonyl (C=O) groups is 2. The first-order chi connectivity index (χ1) is 11.0. The van der Waals surface area contributed by atoms with Gasteiger partial charge in [0.15, 0.2) is 0 Å². The third-order valence-corrected chi connectivity index (χ3v) is 4.92. The van der Waals surface area contributed by atoms with E-state index in [4.69, 9.17) is 0 Å². The Morgan fingerprint density at radius 2 is 2.26 bits per heavy atom. The normalized spacial score (nSPS) is 23.4. The van der Waals surface area contributed by atoms with E-state index in [0.717, 1.165) is 24.3 Å². The van der Waals surface area contributed by atoms with E-state index < -0.39 is 0 Å². The Morgan fingerprint density at radius 1 is 1.48 bits per heavy atom. The average Bonchev–Trinajstić information content (AvgIpc) is 2.94. The number of hydrogen-bond donors (Lipinski definition) is 1. The molecule has 3 rings (SSSR count). The van der Waals surface area contributed by atoms with Crippen LogP contribution in [0.2, 0.25) is 0 Å². The summed E-state index contributed by atoms with van der Waals surface area (Å²) in [5, 5.41) is 2.76. The number of nitrogens with zero attached hydrogens (tertiary/aromatic N) is 4. The minimum atomic E-state index is -0.0466. The SMILES string of the molecule is CCC(=O)N1CC[C@@H](C)[C@@H](N(C)c2ncnc3c2CC(=O)N3)C1. The van der Waals surface area contributed by atoms with Gasteiger partial charge in [-0.05, 0) is 12.3 Å². The molecular weight excluding hydrogens is 294 g/mol. The fourth-order valence-electron chi connectivity index (χ4n) is 3.47. The largest absolute Gasteiger partial charge is 0.354 e. The Hall–Kier alpha value is -2.18. The first-order valence-corrected chi connectivity index (χ1v) is 8.15. The van der Waals surface area contributed by atoms with Gasteiger partial charge in [0.1, 0.15) is 18.0 Å². The van der Waals surface area contributed by atoms with Crippen LogP contribution in [0.4, 0.5) is 11.6 Å². The lowest BCUT2D eigenvalue weighted by atomic mass is 9.92. The Morgan fingerprint density at radius 3 is 3.00 bits per heavy atom. The van der Waals surface area contributed by atoms with Crippen molar-refractivity contribution in [3.05, 3.63) is 11.9 Å². The van der Waals surface area contributed by atoms with Crippen LogP contribution >= 0.6 is 0 Å². The highest BCUT2D eigenvalue weighted by Crippen LogP contribution is 2.32. The van der Waals surface area contributed by atoms with E-state index >= 15 is 0 Å². The van der Waals surface area contributed by atoms with Gasteiger partial charge in [0.05, 0.1) is 12.5 Å². The highest BCUT2D eigenvalue weighted by molar-refractivity contribution is 5.99. The molecule has 1 aromatic heterocycles. The quantitative estimate of drug-likeness (QED) is 0.902. The summed E-state index contributed by atoms with van der Waals surface area (Å²) in [6, 6.07) is 0.189. The number of piperidine rings is 1. The second-order valence-corrected chi connectivity index (χ2v) is 6.39. The number of amides is 2. The van der Waals surface area contributed by atoms with Gasteiger partial charge < -0.3 is 15.1 Å². The number of aromatic nitrogens is 2. The van der Waals surface area contributed by atoms with Gasteiger partial charge in [0.25, 0.3) is 0 Å². The number of likely N-dealkylation sites (N-methyl/N-ethyl adjacent to an activating group) is 1. The zero-order valence-corrected chi connectivity index (χ0v) is 13.9. The molecule has 0 spiro atoms. The molecule has 23 heavy (non-hydrogen) atoms. The van der Waals surface area contributed by atoms with Gasteiger partial charge in [0, 0.05) is 32.1 Å². The van der Waals surface area contributed by atoms with Gasteiger partial charge in [-0.15, -0.1) is 0 Å². The molecule has 2 atom stereocenters. The highest BCUT2D eigenvalue weighted by Gasteiger charge is 2.34. The topological polar surface area (TPSA) is 78.4 Å². The first-order valence-electron chi connectivity index (χ1n) is 8.15. The van der Waals surface area contributed by atoms with E-state index in [1.807, 2.05) is 18.9 Å². The van der Waals surface area contributed by atoms with Crippen molar-refractivity contribution < 1.29 is 9.59 Å². The molecule has 0 aliphatic carbocycles. The summed E-state index contributed by atoms with van der Waals surface area (Å²) in [7, 11) is 1.99. The molecule has 0 unspecified atom stereocenters. The minimum Gasteiger partial charge on any atom is -0.354 e. The van der Waals surface area contributed by atoms with Gasteiger partial charge >= 0.3 is 0 Å². The fraction of sp³-hybridized carbons (Fsp3) is 0.625. The molecular formula is C16H23N5O2. The lowest BCUT2D eigenvalue weighted by molar-refractivity contribution is -0.132. The van der Waals surface area contributed by atoms with Gasteiger partial charge in [-0.3, -0.25) is 9.59 Å². The Balaban J connectivity index is 1.85. The van der Waals surface area contributed by atoms with E-state index in [1.54, 1.807) is 0 Å². The van der Waals surface area contributed by atoms with Crippen molar-refractivity contribution in [1.29, 1.82) is 0 Å². The highest BCUT2D eigenvalue weighted by atomic mass is 16.2. The number of carbonyl (C=O) groups excluding carboxylic acids is 2. The molecule has 2 aliphatic rings. The fourth-order valence-corrected chi connectivity index (χ4v) is 3.47. The molecule has 1 saturated heterocycles. The Labute approximate surface area is 136 Å². The third-order valence-electron chi connectivity index (χ3n) is 4.92. The van der Waals surface area contributed by atoms with Crippen molar-refractivity contribution >= 4 is 23.5 Å². The van der Waals surface area contributed by atoms with Crippen LogP contribution in [-0.2, 0) is 16.0 Å². The molecule has 0 saturated carbocycles. The molecule has 1 aromatic rings. The van der Waals surface area contributed by atoms with Crippen molar-refractivity contribution in [3.63, 3.8) is 0 Å². The summed E-state index contributed by atoms with van der Waals surface area (Å²) in [5.74, 6) is 2.00. The second kappa shape index (κ2) is 6.14. The number of hydrogen-bond acceptors (Lipinski definition) is 5. The van der Waals surface area contributed by atoms with E-state index in [9.17, 15) is 9.59 Å². The average molecular weight is 317 g/mol. The summed E-state index contributed by atoms with van der Waals surface area (Å²) >= 11 is 0. The third kappa shape index (κ3) is 2.87. The zero-order valence-electron chi connectivity index (χ0n) is 13.9. The molecule has 0 bridgehead atoms. The Kier molecular flexibility index (Phi) is 4.19. The summed E-state index contributed by atoms with van der Waals surface area (Å²) in [6.07, 6.45) is 3.31. The zero-order chi connectivity index (χ0) is 16.6.